The van der Waals surface area contributed by atoms with Gasteiger partial charge in [-0.25, -0.2) is 0 Å². The van der Waals surface area contributed by atoms with Crippen LogP contribution in [-0.4, -0.2) is 10.7 Å². The van der Waals surface area contributed by atoms with Crippen molar-refractivity contribution in [2.45, 2.75) is 70.3 Å². The van der Waals surface area contributed by atoms with Crippen LogP contribution in [0.4, 0.5) is 0 Å². The summed E-state index contributed by atoms with van der Waals surface area (Å²) < 4.78 is 5.50. The maximum atomic E-state index is 11.5. The highest BCUT2D eigenvalue weighted by molar-refractivity contribution is 5.33. The Morgan fingerprint density at radius 1 is 1.23 bits per heavy atom. The second kappa shape index (κ2) is 4.50. The molecular weight excluding hydrogens is 272 g/mol. The molecule has 0 unspecified atom stereocenters. The summed E-state index contributed by atoms with van der Waals surface area (Å²) in [5.74, 6) is 0.975. The highest BCUT2D eigenvalue weighted by Crippen LogP contribution is 2.64. The molecule has 0 amide bonds. The van der Waals surface area contributed by atoms with E-state index in [0.717, 1.165) is 38.5 Å². The highest BCUT2D eigenvalue weighted by Gasteiger charge is 2.59. The zero-order chi connectivity index (χ0) is 15.6. The predicted molar refractivity (Wildman–Crippen MR) is 87.7 cm³/mol. The van der Waals surface area contributed by atoms with E-state index in [1.165, 1.54) is 17.5 Å². The first-order chi connectivity index (χ1) is 10.4. The van der Waals surface area contributed by atoms with E-state index in [-0.39, 0.29) is 10.8 Å². The summed E-state index contributed by atoms with van der Waals surface area (Å²) in [6.45, 7) is 8.71. The molecule has 2 nitrogen and oxygen atoms in total. The number of fused-ring (bicyclic) bond motifs is 5. The molecule has 0 aliphatic heterocycles. The summed E-state index contributed by atoms with van der Waals surface area (Å²) in [6, 6.07) is 0. The van der Waals surface area contributed by atoms with E-state index in [9.17, 15) is 5.11 Å². The van der Waals surface area contributed by atoms with Crippen molar-refractivity contribution in [3.63, 3.8) is 0 Å². The van der Waals surface area contributed by atoms with Crippen LogP contribution in [0.1, 0.15) is 69.4 Å². The van der Waals surface area contributed by atoms with Gasteiger partial charge in [-0.3, -0.25) is 0 Å². The standard InChI is InChI=1S/C20H28O2/c1-4-18(2)8-7-17-19(3)9-5-14-11-22-12-15(14)16(19)6-10-20(17,21)13-18/h4,11-12,16-17,21H,1,5-10,13H2,2-3H3/t16-,17+,18+,19+,20-/m1/s1. The third-order valence-electron chi connectivity index (χ3n) is 7.40. The fourth-order valence-electron chi connectivity index (χ4n) is 6.11. The molecule has 2 heteroatoms. The quantitative estimate of drug-likeness (QED) is 0.753. The molecule has 1 aromatic heterocycles. The van der Waals surface area contributed by atoms with Gasteiger partial charge in [0, 0.05) is 0 Å². The Hall–Kier alpha value is -1.02. The van der Waals surface area contributed by atoms with Crippen molar-refractivity contribution in [2.24, 2.45) is 16.7 Å². The van der Waals surface area contributed by atoms with E-state index in [1.54, 1.807) is 0 Å². The molecule has 0 saturated heterocycles. The molecule has 3 aliphatic carbocycles. The van der Waals surface area contributed by atoms with E-state index < -0.39 is 5.60 Å². The third-order valence-corrected chi connectivity index (χ3v) is 7.40. The van der Waals surface area contributed by atoms with E-state index in [4.69, 9.17) is 4.42 Å². The second-order valence-corrected chi connectivity index (χ2v) is 8.68. The molecule has 120 valence electrons. The zero-order valence-corrected chi connectivity index (χ0v) is 13.9. The van der Waals surface area contributed by atoms with Gasteiger partial charge in [-0.05, 0) is 78.7 Å². The Morgan fingerprint density at radius 3 is 2.82 bits per heavy atom. The van der Waals surface area contributed by atoms with Crippen LogP contribution in [-0.2, 0) is 6.42 Å². The number of hydrogen-bond donors (Lipinski definition) is 1. The van der Waals surface area contributed by atoms with Crippen molar-refractivity contribution in [2.75, 3.05) is 0 Å². The lowest BCUT2D eigenvalue weighted by Crippen LogP contribution is -2.58. The van der Waals surface area contributed by atoms with Gasteiger partial charge in [0.25, 0.3) is 0 Å². The van der Waals surface area contributed by atoms with E-state index in [1.807, 2.05) is 12.5 Å². The Balaban J connectivity index is 1.72. The van der Waals surface area contributed by atoms with Crippen molar-refractivity contribution in [1.82, 2.24) is 0 Å². The summed E-state index contributed by atoms with van der Waals surface area (Å²) >= 11 is 0. The minimum Gasteiger partial charge on any atom is -0.472 e. The van der Waals surface area contributed by atoms with Gasteiger partial charge in [0.05, 0.1) is 18.1 Å². The van der Waals surface area contributed by atoms with Crippen molar-refractivity contribution < 1.29 is 9.52 Å². The zero-order valence-electron chi connectivity index (χ0n) is 13.9. The predicted octanol–water partition coefficient (Wildman–Crippen LogP) is 4.83. The van der Waals surface area contributed by atoms with Crippen molar-refractivity contribution in [3.8, 4) is 0 Å². The van der Waals surface area contributed by atoms with Crippen LogP contribution in [0.3, 0.4) is 0 Å². The lowest BCUT2D eigenvalue weighted by Gasteiger charge is -2.61. The number of aryl methyl sites for hydroxylation is 1. The fraction of sp³-hybridized carbons (Fsp3) is 0.700. The van der Waals surface area contributed by atoms with Crippen molar-refractivity contribution in [3.05, 3.63) is 36.3 Å². The van der Waals surface area contributed by atoms with E-state index in [2.05, 4.69) is 26.5 Å². The largest absolute Gasteiger partial charge is 0.472 e. The highest BCUT2D eigenvalue weighted by atomic mass is 16.3. The average Bonchev–Trinajstić information content (AvgIpc) is 2.94. The van der Waals surface area contributed by atoms with E-state index >= 15 is 0 Å². The number of rotatable bonds is 1. The van der Waals surface area contributed by atoms with Crippen LogP contribution >= 0.6 is 0 Å². The van der Waals surface area contributed by atoms with Crippen LogP contribution in [0.15, 0.2) is 29.6 Å². The van der Waals surface area contributed by atoms with Crippen molar-refractivity contribution >= 4 is 0 Å². The van der Waals surface area contributed by atoms with Crippen LogP contribution in [0.2, 0.25) is 0 Å². The minimum absolute atomic E-state index is 0.101. The SMILES string of the molecule is C=C[C@@]1(C)CC[C@@H]2[C@@](O)(CC[C@@H]3c4cocc4CC[C@@]32C)C1. The Kier molecular flexibility index (Phi) is 2.98. The summed E-state index contributed by atoms with van der Waals surface area (Å²) in [6.07, 6.45) is 13.4. The Labute approximate surface area is 133 Å². The van der Waals surface area contributed by atoms with Gasteiger partial charge < -0.3 is 9.52 Å². The van der Waals surface area contributed by atoms with Crippen LogP contribution < -0.4 is 0 Å². The first-order valence-corrected chi connectivity index (χ1v) is 8.81. The number of aliphatic hydroxyl groups is 1. The lowest BCUT2D eigenvalue weighted by molar-refractivity contribution is -0.163. The fourth-order valence-corrected chi connectivity index (χ4v) is 6.11. The Bertz CT molecular complexity index is 603. The third kappa shape index (κ3) is 1.83. The minimum atomic E-state index is -0.506. The maximum absolute atomic E-state index is 11.5. The van der Waals surface area contributed by atoms with Crippen molar-refractivity contribution in [1.29, 1.82) is 0 Å². The normalized spacial score (nSPS) is 47.2. The molecule has 2 fully saturated rings. The molecule has 22 heavy (non-hydrogen) atoms. The molecule has 0 bridgehead atoms. The number of furan rings is 1. The molecule has 2 saturated carbocycles. The molecule has 0 spiro atoms. The van der Waals surface area contributed by atoms with Gasteiger partial charge >= 0.3 is 0 Å². The molecule has 4 rings (SSSR count). The Morgan fingerprint density at radius 2 is 2.05 bits per heavy atom. The molecule has 1 N–H and O–H groups in total. The molecule has 0 aromatic carbocycles. The molecule has 5 atom stereocenters. The summed E-state index contributed by atoms with van der Waals surface area (Å²) in [7, 11) is 0. The first-order valence-electron chi connectivity index (χ1n) is 8.81. The van der Waals surface area contributed by atoms with Crippen LogP contribution in [0.25, 0.3) is 0 Å². The van der Waals surface area contributed by atoms with E-state index in [0.29, 0.717) is 11.8 Å². The topological polar surface area (TPSA) is 33.4 Å². The molecule has 1 heterocycles. The lowest BCUT2D eigenvalue weighted by atomic mass is 9.45. The summed E-state index contributed by atoms with van der Waals surface area (Å²) in [5, 5.41) is 11.5. The van der Waals surface area contributed by atoms with Gasteiger partial charge in [-0.15, -0.1) is 6.58 Å². The second-order valence-electron chi connectivity index (χ2n) is 8.68. The van der Waals surface area contributed by atoms with Crippen LogP contribution in [0.5, 0.6) is 0 Å². The molecular formula is C20H28O2. The molecule has 3 aliphatic rings. The number of hydrogen-bond acceptors (Lipinski definition) is 2. The van der Waals surface area contributed by atoms with Crippen LogP contribution in [0, 0.1) is 16.7 Å². The smallest absolute Gasteiger partial charge is 0.0940 e. The number of allylic oxidation sites excluding steroid dienone is 1. The maximum Gasteiger partial charge on any atom is 0.0940 e. The monoisotopic (exact) mass is 300 g/mol. The molecule has 0 radical (unpaired) electrons. The summed E-state index contributed by atoms with van der Waals surface area (Å²) in [4.78, 5) is 0. The van der Waals surface area contributed by atoms with Gasteiger partial charge in [0.2, 0.25) is 0 Å². The van der Waals surface area contributed by atoms with Gasteiger partial charge in [-0.1, -0.05) is 19.9 Å². The first kappa shape index (κ1) is 14.6. The van der Waals surface area contributed by atoms with Gasteiger partial charge in [0.1, 0.15) is 0 Å². The van der Waals surface area contributed by atoms with Gasteiger partial charge in [-0.2, -0.15) is 0 Å². The molecule has 1 aromatic rings. The average molecular weight is 300 g/mol. The summed E-state index contributed by atoms with van der Waals surface area (Å²) in [5.41, 5.74) is 2.64. The van der Waals surface area contributed by atoms with Gasteiger partial charge in [0.15, 0.2) is 0 Å².